The van der Waals surface area contributed by atoms with Gasteiger partial charge in [0.05, 0.1) is 19.1 Å². The average Bonchev–Trinajstić information content (AvgIpc) is 2.60. The maximum Gasteiger partial charge on any atom is 0.240 e. The van der Waals surface area contributed by atoms with E-state index in [0.717, 1.165) is 16.1 Å². The molecule has 0 spiro atoms. The van der Waals surface area contributed by atoms with E-state index in [1.54, 1.807) is 24.3 Å². The van der Waals surface area contributed by atoms with Crippen LogP contribution in [-0.2, 0) is 21.2 Å². The van der Waals surface area contributed by atoms with Crippen molar-refractivity contribution in [2.45, 2.75) is 6.42 Å². The zero-order valence-electron chi connectivity index (χ0n) is 14.3. The predicted molar refractivity (Wildman–Crippen MR) is 98.3 cm³/mol. The summed E-state index contributed by atoms with van der Waals surface area (Å²) in [6.07, 6.45) is 1.77. The number of amides is 1. The molecule has 0 atom stereocenters. The molecule has 0 bridgehead atoms. The topological polar surface area (TPSA) is 75.7 Å². The molecule has 0 saturated heterocycles. The van der Waals surface area contributed by atoms with E-state index in [-0.39, 0.29) is 12.5 Å². The Morgan fingerprint density at radius 2 is 1.72 bits per heavy atom. The quantitative estimate of drug-likeness (QED) is 0.777. The van der Waals surface area contributed by atoms with Gasteiger partial charge < -0.3 is 10.1 Å². The van der Waals surface area contributed by atoms with Crippen LogP contribution in [-0.4, -0.2) is 40.8 Å². The number of carbonyl (C=O) groups is 1. The van der Waals surface area contributed by atoms with E-state index in [9.17, 15) is 13.2 Å². The van der Waals surface area contributed by atoms with Gasteiger partial charge in [-0.3, -0.25) is 9.10 Å². The highest BCUT2D eigenvalue weighted by Gasteiger charge is 2.20. The van der Waals surface area contributed by atoms with E-state index in [4.69, 9.17) is 4.74 Å². The third kappa shape index (κ3) is 5.79. The Labute approximate surface area is 148 Å². The SMILES string of the molecule is COc1ccc(N(CC(=O)NCCc2ccccc2)S(C)(=O)=O)cc1. The second-order valence-electron chi connectivity index (χ2n) is 5.55. The summed E-state index contributed by atoms with van der Waals surface area (Å²) in [6, 6.07) is 16.3. The maximum atomic E-state index is 12.1. The van der Waals surface area contributed by atoms with E-state index in [0.29, 0.717) is 24.4 Å². The number of benzene rings is 2. The Morgan fingerprint density at radius 3 is 2.28 bits per heavy atom. The van der Waals surface area contributed by atoms with Gasteiger partial charge in [-0.05, 0) is 36.2 Å². The molecule has 0 aliphatic carbocycles. The Bertz CT molecular complexity index is 790. The van der Waals surface area contributed by atoms with Gasteiger partial charge in [-0.25, -0.2) is 8.42 Å². The van der Waals surface area contributed by atoms with Gasteiger partial charge in [-0.15, -0.1) is 0 Å². The van der Waals surface area contributed by atoms with E-state index >= 15 is 0 Å². The first-order valence-corrected chi connectivity index (χ1v) is 9.67. The van der Waals surface area contributed by atoms with Crippen LogP contribution in [0.4, 0.5) is 5.69 Å². The summed E-state index contributed by atoms with van der Waals surface area (Å²) in [5, 5.41) is 2.76. The number of rotatable bonds is 8. The van der Waals surface area contributed by atoms with Crippen LogP contribution in [0.5, 0.6) is 5.75 Å². The number of nitrogens with one attached hydrogen (secondary N) is 1. The number of methoxy groups -OCH3 is 1. The summed E-state index contributed by atoms with van der Waals surface area (Å²) in [5.74, 6) is 0.265. The number of hydrogen-bond acceptors (Lipinski definition) is 4. The van der Waals surface area contributed by atoms with Crippen molar-refractivity contribution in [1.29, 1.82) is 0 Å². The minimum atomic E-state index is -3.58. The molecule has 6 nitrogen and oxygen atoms in total. The molecule has 0 aliphatic rings. The van der Waals surface area contributed by atoms with Gasteiger partial charge in [-0.2, -0.15) is 0 Å². The lowest BCUT2D eigenvalue weighted by Gasteiger charge is -2.22. The fourth-order valence-corrected chi connectivity index (χ4v) is 3.18. The summed E-state index contributed by atoms with van der Waals surface area (Å²) in [4.78, 5) is 12.1. The van der Waals surface area contributed by atoms with Gasteiger partial charge in [0.15, 0.2) is 0 Å². The molecule has 2 aromatic rings. The lowest BCUT2D eigenvalue weighted by atomic mass is 10.1. The second kappa shape index (κ2) is 8.53. The zero-order valence-corrected chi connectivity index (χ0v) is 15.1. The van der Waals surface area contributed by atoms with Crippen molar-refractivity contribution in [2.75, 3.05) is 30.8 Å². The molecule has 2 aromatic carbocycles. The maximum absolute atomic E-state index is 12.1. The van der Waals surface area contributed by atoms with E-state index < -0.39 is 10.0 Å². The number of carbonyl (C=O) groups excluding carboxylic acids is 1. The van der Waals surface area contributed by atoms with Gasteiger partial charge in [-0.1, -0.05) is 30.3 Å². The van der Waals surface area contributed by atoms with Gasteiger partial charge >= 0.3 is 0 Å². The molecule has 25 heavy (non-hydrogen) atoms. The normalized spacial score (nSPS) is 11.0. The number of ether oxygens (including phenoxy) is 1. The summed E-state index contributed by atoms with van der Waals surface area (Å²) in [7, 11) is -2.05. The smallest absolute Gasteiger partial charge is 0.240 e. The highest BCUT2D eigenvalue weighted by atomic mass is 32.2. The predicted octanol–water partition coefficient (Wildman–Crippen LogP) is 1.82. The molecule has 0 aromatic heterocycles. The highest BCUT2D eigenvalue weighted by molar-refractivity contribution is 7.92. The van der Waals surface area contributed by atoms with Crippen LogP contribution in [0.25, 0.3) is 0 Å². The Balaban J connectivity index is 1.98. The van der Waals surface area contributed by atoms with Crippen LogP contribution >= 0.6 is 0 Å². The van der Waals surface area contributed by atoms with Gasteiger partial charge in [0.1, 0.15) is 12.3 Å². The lowest BCUT2D eigenvalue weighted by molar-refractivity contribution is -0.119. The minimum absolute atomic E-state index is 0.264. The van der Waals surface area contributed by atoms with Crippen LogP contribution in [0.15, 0.2) is 54.6 Å². The first-order chi connectivity index (χ1) is 11.9. The largest absolute Gasteiger partial charge is 0.497 e. The molecule has 1 N–H and O–H groups in total. The summed E-state index contributed by atoms with van der Waals surface area (Å²) in [6.45, 7) is 0.184. The molecule has 0 heterocycles. The molecule has 2 rings (SSSR count). The van der Waals surface area contributed by atoms with Crippen LogP contribution in [0.1, 0.15) is 5.56 Å². The molecule has 134 valence electrons. The fraction of sp³-hybridized carbons (Fsp3) is 0.278. The van der Waals surface area contributed by atoms with E-state index in [2.05, 4.69) is 5.32 Å². The van der Waals surface area contributed by atoms with Crippen LogP contribution in [0.2, 0.25) is 0 Å². The van der Waals surface area contributed by atoms with Gasteiger partial charge in [0.25, 0.3) is 0 Å². The van der Waals surface area contributed by atoms with Gasteiger partial charge in [0, 0.05) is 6.54 Å². The summed E-state index contributed by atoms with van der Waals surface area (Å²) in [5.41, 5.74) is 1.53. The second-order valence-corrected chi connectivity index (χ2v) is 7.46. The van der Waals surface area contributed by atoms with E-state index in [1.165, 1.54) is 7.11 Å². The van der Waals surface area contributed by atoms with Crippen LogP contribution in [0, 0.1) is 0 Å². The number of hydrogen-bond donors (Lipinski definition) is 1. The molecule has 0 radical (unpaired) electrons. The van der Waals surface area contributed by atoms with Crippen molar-refractivity contribution >= 4 is 21.6 Å². The Hall–Kier alpha value is -2.54. The van der Waals surface area contributed by atoms with Crippen molar-refractivity contribution in [3.8, 4) is 5.75 Å². The molecular weight excluding hydrogens is 340 g/mol. The van der Waals surface area contributed by atoms with Crippen molar-refractivity contribution < 1.29 is 17.9 Å². The van der Waals surface area contributed by atoms with Crippen molar-refractivity contribution in [2.24, 2.45) is 0 Å². The first-order valence-electron chi connectivity index (χ1n) is 7.82. The Morgan fingerprint density at radius 1 is 1.08 bits per heavy atom. The molecule has 0 fully saturated rings. The Kier molecular flexibility index (Phi) is 6.41. The van der Waals surface area contributed by atoms with E-state index in [1.807, 2.05) is 30.3 Å². The van der Waals surface area contributed by atoms with Crippen molar-refractivity contribution in [3.05, 3.63) is 60.2 Å². The molecule has 0 saturated carbocycles. The minimum Gasteiger partial charge on any atom is -0.497 e. The fourth-order valence-electron chi connectivity index (χ4n) is 2.33. The summed E-state index contributed by atoms with van der Waals surface area (Å²) >= 11 is 0. The zero-order chi connectivity index (χ0) is 18.3. The van der Waals surface area contributed by atoms with Crippen LogP contribution < -0.4 is 14.4 Å². The average molecular weight is 362 g/mol. The third-order valence-corrected chi connectivity index (χ3v) is 4.77. The molecule has 7 heteroatoms. The standard InChI is InChI=1S/C18H22N2O4S/c1-24-17-10-8-16(9-11-17)20(25(2,22)23)14-18(21)19-13-12-15-6-4-3-5-7-15/h3-11H,12-14H2,1-2H3,(H,19,21). The van der Waals surface area contributed by atoms with Crippen molar-refractivity contribution in [3.63, 3.8) is 0 Å². The van der Waals surface area contributed by atoms with Crippen molar-refractivity contribution in [1.82, 2.24) is 5.32 Å². The third-order valence-electron chi connectivity index (χ3n) is 3.63. The first kappa shape index (κ1) is 18.8. The molecular formula is C18H22N2O4S. The molecule has 0 aliphatic heterocycles. The number of nitrogens with zero attached hydrogens (tertiary/aromatic N) is 1. The number of sulfonamides is 1. The summed E-state index contributed by atoms with van der Waals surface area (Å²) < 4.78 is 30.2. The van der Waals surface area contributed by atoms with Crippen LogP contribution in [0.3, 0.4) is 0 Å². The lowest BCUT2D eigenvalue weighted by Crippen LogP contribution is -2.40. The monoisotopic (exact) mass is 362 g/mol. The molecule has 0 unspecified atom stereocenters. The number of anilines is 1. The highest BCUT2D eigenvalue weighted by Crippen LogP contribution is 2.21. The van der Waals surface area contributed by atoms with Gasteiger partial charge in [0.2, 0.25) is 15.9 Å². The molecule has 1 amide bonds.